The van der Waals surface area contributed by atoms with Gasteiger partial charge >= 0.3 is 0 Å². The first-order valence-corrected chi connectivity index (χ1v) is 7.99. The van der Waals surface area contributed by atoms with E-state index in [1.54, 1.807) is 17.4 Å². The summed E-state index contributed by atoms with van der Waals surface area (Å²) >= 11 is 1.64. The first kappa shape index (κ1) is 14.8. The third-order valence-electron chi connectivity index (χ3n) is 3.83. The zero-order chi connectivity index (χ0) is 15.7. The number of aromatic nitrogens is 1. The van der Waals surface area contributed by atoms with Crippen molar-refractivity contribution in [1.29, 1.82) is 0 Å². The van der Waals surface area contributed by atoms with Crippen LogP contribution in [0.4, 0.5) is 4.39 Å². The van der Waals surface area contributed by atoms with Gasteiger partial charge in [0.05, 0.1) is 13.0 Å². The lowest BCUT2D eigenvalue weighted by Crippen LogP contribution is -2.24. The number of carbonyl (C=O) groups excluding carboxylic acids is 1. The number of aromatic amines is 1. The number of fused-ring (bicyclic) bond motifs is 1. The molecule has 0 fully saturated rings. The average Bonchev–Trinajstić information content (AvgIpc) is 3.01. The van der Waals surface area contributed by atoms with E-state index in [9.17, 15) is 9.18 Å². The summed E-state index contributed by atoms with van der Waals surface area (Å²) in [6, 6.07) is 6.64. The van der Waals surface area contributed by atoms with E-state index in [0.29, 0.717) is 6.54 Å². The topological polar surface area (TPSA) is 44.9 Å². The maximum absolute atomic E-state index is 13.4. The van der Waals surface area contributed by atoms with Crippen LogP contribution in [0.2, 0.25) is 0 Å². The van der Waals surface area contributed by atoms with Gasteiger partial charge in [-0.15, -0.1) is 11.3 Å². The Morgan fingerprint density at radius 2 is 2.14 bits per heavy atom. The summed E-state index contributed by atoms with van der Waals surface area (Å²) in [6.45, 7) is 4.48. The van der Waals surface area contributed by atoms with Crippen LogP contribution < -0.4 is 5.32 Å². The van der Waals surface area contributed by atoms with Crippen molar-refractivity contribution >= 4 is 28.1 Å². The molecule has 1 aromatic carbocycles. The van der Waals surface area contributed by atoms with Crippen molar-refractivity contribution in [2.24, 2.45) is 0 Å². The van der Waals surface area contributed by atoms with Gasteiger partial charge in [0.2, 0.25) is 5.91 Å². The van der Waals surface area contributed by atoms with Crippen molar-refractivity contribution in [3.63, 3.8) is 0 Å². The number of benzene rings is 1. The summed E-state index contributed by atoms with van der Waals surface area (Å²) in [5.41, 5.74) is 3.81. The second-order valence-corrected chi connectivity index (χ2v) is 6.40. The quantitative estimate of drug-likeness (QED) is 0.754. The number of aryl methyl sites for hydroxylation is 2. The number of nitrogens with one attached hydrogen (secondary N) is 2. The summed E-state index contributed by atoms with van der Waals surface area (Å²) in [5.74, 6) is -0.344. The second-order valence-electron chi connectivity index (χ2n) is 5.40. The molecule has 0 aliphatic carbocycles. The van der Waals surface area contributed by atoms with Crippen LogP contribution in [0.3, 0.4) is 0 Å². The lowest BCUT2D eigenvalue weighted by Gasteiger charge is -2.05. The highest BCUT2D eigenvalue weighted by Gasteiger charge is 2.13. The van der Waals surface area contributed by atoms with Gasteiger partial charge in [-0.3, -0.25) is 4.79 Å². The van der Waals surface area contributed by atoms with Crippen LogP contribution in [0.1, 0.15) is 21.7 Å². The van der Waals surface area contributed by atoms with Gasteiger partial charge in [-0.2, -0.15) is 0 Å². The van der Waals surface area contributed by atoms with Gasteiger partial charge in [-0.25, -0.2) is 4.39 Å². The van der Waals surface area contributed by atoms with Crippen molar-refractivity contribution in [3.05, 3.63) is 57.2 Å². The van der Waals surface area contributed by atoms with Crippen LogP contribution in [0, 0.1) is 19.7 Å². The Kier molecular flexibility index (Phi) is 3.98. The first-order chi connectivity index (χ1) is 10.5. The molecule has 0 bridgehead atoms. The largest absolute Gasteiger partial charge is 0.358 e. The molecule has 3 aromatic rings. The van der Waals surface area contributed by atoms with Crippen LogP contribution >= 0.6 is 11.3 Å². The lowest BCUT2D eigenvalue weighted by atomic mass is 10.1. The fourth-order valence-corrected chi connectivity index (χ4v) is 3.42. The SMILES string of the molecule is Cc1ccsc1CNC(=O)Cc1c(C)[nH]c2ccc(F)cc12. The Bertz CT molecular complexity index is 834. The molecule has 3 nitrogen and oxygen atoms in total. The zero-order valence-corrected chi connectivity index (χ0v) is 13.3. The molecule has 0 radical (unpaired) electrons. The van der Waals surface area contributed by atoms with E-state index in [-0.39, 0.29) is 18.1 Å². The number of H-pyrrole nitrogens is 1. The lowest BCUT2D eigenvalue weighted by molar-refractivity contribution is -0.120. The molecule has 3 rings (SSSR count). The minimum absolute atomic E-state index is 0.0546. The summed E-state index contributed by atoms with van der Waals surface area (Å²) in [6.07, 6.45) is 0.250. The molecule has 0 aliphatic rings. The highest BCUT2D eigenvalue weighted by molar-refractivity contribution is 7.10. The Balaban J connectivity index is 1.75. The molecule has 0 saturated heterocycles. The van der Waals surface area contributed by atoms with E-state index in [4.69, 9.17) is 0 Å². The van der Waals surface area contributed by atoms with Crippen LogP contribution in [0.5, 0.6) is 0 Å². The van der Waals surface area contributed by atoms with Gasteiger partial charge in [0.1, 0.15) is 5.82 Å². The number of hydrogen-bond acceptors (Lipinski definition) is 2. The molecule has 2 N–H and O–H groups in total. The Morgan fingerprint density at radius 3 is 2.86 bits per heavy atom. The number of halogens is 1. The minimum atomic E-state index is -0.289. The van der Waals surface area contributed by atoms with Crippen molar-refractivity contribution in [3.8, 4) is 0 Å². The third kappa shape index (κ3) is 2.90. The first-order valence-electron chi connectivity index (χ1n) is 7.11. The van der Waals surface area contributed by atoms with E-state index in [1.807, 2.05) is 25.3 Å². The minimum Gasteiger partial charge on any atom is -0.358 e. The van der Waals surface area contributed by atoms with Gasteiger partial charge < -0.3 is 10.3 Å². The molecule has 0 atom stereocenters. The molecule has 5 heteroatoms. The fourth-order valence-electron chi connectivity index (χ4n) is 2.57. The summed E-state index contributed by atoms with van der Waals surface area (Å²) in [5, 5.41) is 5.73. The maximum atomic E-state index is 13.4. The smallest absolute Gasteiger partial charge is 0.224 e. The second kappa shape index (κ2) is 5.93. The fraction of sp³-hybridized carbons (Fsp3) is 0.235. The van der Waals surface area contributed by atoms with Crippen molar-refractivity contribution < 1.29 is 9.18 Å². The number of carbonyl (C=O) groups is 1. The molecule has 1 amide bonds. The molecular weight excluding hydrogens is 299 g/mol. The molecular formula is C17H17FN2OS. The average molecular weight is 316 g/mol. The zero-order valence-electron chi connectivity index (χ0n) is 12.5. The molecule has 22 heavy (non-hydrogen) atoms. The Morgan fingerprint density at radius 1 is 1.32 bits per heavy atom. The summed E-state index contributed by atoms with van der Waals surface area (Å²) in [7, 11) is 0. The van der Waals surface area contributed by atoms with Crippen LogP contribution in [0.25, 0.3) is 10.9 Å². The number of hydrogen-bond donors (Lipinski definition) is 2. The summed E-state index contributed by atoms with van der Waals surface area (Å²) in [4.78, 5) is 16.5. The van der Waals surface area contributed by atoms with Crippen LogP contribution in [0.15, 0.2) is 29.6 Å². The van der Waals surface area contributed by atoms with Gasteiger partial charge in [0, 0.05) is 21.5 Å². The molecule has 0 unspecified atom stereocenters. The number of thiophene rings is 1. The Hall–Kier alpha value is -2.14. The maximum Gasteiger partial charge on any atom is 0.224 e. The van der Waals surface area contributed by atoms with E-state index in [0.717, 1.165) is 27.0 Å². The molecule has 0 spiro atoms. The number of amides is 1. The van der Waals surface area contributed by atoms with Gasteiger partial charge in [0.15, 0.2) is 0 Å². The van der Waals surface area contributed by atoms with Crippen molar-refractivity contribution in [2.75, 3.05) is 0 Å². The molecule has 2 heterocycles. The van der Waals surface area contributed by atoms with Gasteiger partial charge in [-0.05, 0) is 54.6 Å². The third-order valence-corrected chi connectivity index (χ3v) is 4.86. The molecule has 0 aliphatic heterocycles. The van der Waals surface area contributed by atoms with Crippen molar-refractivity contribution in [1.82, 2.24) is 10.3 Å². The standard InChI is InChI=1S/C17H17FN2OS/c1-10-5-6-22-16(10)9-19-17(21)8-13-11(2)20-15-4-3-12(18)7-14(13)15/h3-7,20H,8-9H2,1-2H3,(H,19,21). The van der Waals surface area contributed by atoms with E-state index in [2.05, 4.69) is 10.3 Å². The van der Waals surface area contributed by atoms with E-state index >= 15 is 0 Å². The monoisotopic (exact) mass is 316 g/mol. The molecule has 0 saturated carbocycles. The number of rotatable bonds is 4. The van der Waals surface area contributed by atoms with E-state index < -0.39 is 0 Å². The van der Waals surface area contributed by atoms with Gasteiger partial charge in [-0.1, -0.05) is 0 Å². The van der Waals surface area contributed by atoms with Crippen molar-refractivity contribution in [2.45, 2.75) is 26.8 Å². The summed E-state index contributed by atoms with van der Waals surface area (Å²) < 4.78 is 13.4. The van der Waals surface area contributed by atoms with Crippen LogP contribution in [-0.4, -0.2) is 10.9 Å². The molecule has 114 valence electrons. The highest BCUT2D eigenvalue weighted by Crippen LogP contribution is 2.23. The van der Waals surface area contributed by atoms with Gasteiger partial charge in [0.25, 0.3) is 0 Å². The van der Waals surface area contributed by atoms with Crippen LogP contribution in [-0.2, 0) is 17.8 Å². The highest BCUT2D eigenvalue weighted by atomic mass is 32.1. The normalized spacial score (nSPS) is 11.0. The predicted molar refractivity (Wildman–Crippen MR) is 87.6 cm³/mol. The Labute approximate surface area is 132 Å². The molecule has 2 aromatic heterocycles. The van der Waals surface area contributed by atoms with E-state index in [1.165, 1.54) is 17.7 Å². The predicted octanol–water partition coefficient (Wildman–Crippen LogP) is 3.84.